The van der Waals surface area contributed by atoms with Crippen LogP contribution in [0, 0.1) is 13.8 Å². The van der Waals surface area contributed by atoms with Crippen molar-refractivity contribution < 1.29 is 19.1 Å². The van der Waals surface area contributed by atoms with Crippen molar-refractivity contribution in [2.24, 2.45) is 0 Å². The molecule has 7 heteroatoms. The van der Waals surface area contributed by atoms with Crippen LogP contribution in [0.1, 0.15) is 34.6 Å². The van der Waals surface area contributed by atoms with Crippen LogP contribution < -0.4 is 10.1 Å². The van der Waals surface area contributed by atoms with E-state index in [1.807, 2.05) is 32.0 Å². The third kappa shape index (κ3) is 4.61. The van der Waals surface area contributed by atoms with Gasteiger partial charge in [-0.15, -0.1) is 11.3 Å². The first-order chi connectivity index (χ1) is 11.8. The van der Waals surface area contributed by atoms with Gasteiger partial charge in [0.05, 0.1) is 16.6 Å². The monoisotopic (exact) mass is 425 g/mol. The second kappa shape index (κ2) is 8.49. The number of nitrogens with one attached hydrogen (secondary N) is 1. The molecule has 0 radical (unpaired) electrons. The minimum atomic E-state index is -0.726. The molecule has 1 aromatic carbocycles. The molecule has 0 aliphatic carbocycles. The lowest BCUT2D eigenvalue weighted by Crippen LogP contribution is -2.30. The highest BCUT2D eigenvalue weighted by molar-refractivity contribution is 9.10. The van der Waals surface area contributed by atoms with Gasteiger partial charge in [0.1, 0.15) is 10.8 Å². The highest BCUT2D eigenvalue weighted by atomic mass is 79.9. The fourth-order valence-electron chi connectivity index (χ4n) is 2.16. The molecule has 0 saturated carbocycles. The molecule has 1 heterocycles. The van der Waals surface area contributed by atoms with E-state index >= 15 is 0 Å². The lowest BCUT2D eigenvalue weighted by atomic mass is 10.1. The number of anilines is 1. The second-order valence-electron chi connectivity index (χ2n) is 5.39. The van der Waals surface area contributed by atoms with Crippen LogP contribution >= 0.6 is 27.3 Å². The number of esters is 1. The summed E-state index contributed by atoms with van der Waals surface area (Å²) >= 11 is 4.74. The van der Waals surface area contributed by atoms with Crippen LogP contribution in [0.5, 0.6) is 5.75 Å². The largest absolute Gasteiger partial charge is 0.480 e. The molecule has 1 aromatic heterocycles. The number of thiophene rings is 1. The van der Waals surface area contributed by atoms with E-state index in [0.717, 1.165) is 14.9 Å². The number of aryl methyl sites for hydroxylation is 1. The van der Waals surface area contributed by atoms with E-state index in [4.69, 9.17) is 9.47 Å². The molecule has 1 unspecified atom stereocenters. The van der Waals surface area contributed by atoms with E-state index in [1.54, 1.807) is 19.9 Å². The number of para-hydroxylation sites is 1. The van der Waals surface area contributed by atoms with Crippen LogP contribution in [0.3, 0.4) is 0 Å². The predicted octanol–water partition coefficient (Wildman–Crippen LogP) is 4.71. The summed E-state index contributed by atoms with van der Waals surface area (Å²) < 4.78 is 11.6. The zero-order valence-electron chi connectivity index (χ0n) is 14.5. The molecule has 1 atom stereocenters. The van der Waals surface area contributed by atoms with Gasteiger partial charge in [-0.3, -0.25) is 4.79 Å². The summed E-state index contributed by atoms with van der Waals surface area (Å²) in [7, 11) is 0. The van der Waals surface area contributed by atoms with E-state index in [1.165, 1.54) is 11.3 Å². The molecular formula is C18H20BrNO4S. The molecule has 134 valence electrons. The van der Waals surface area contributed by atoms with Crippen molar-refractivity contribution in [3.05, 3.63) is 44.7 Å². The highest BCUT2D eigenvalue weighted by Crippen LogP contribution is 2.33. The number of amides is 1. The first kappa shape index (κ1) is 19.5. The second-order valence-corrected chi connectivity index (χ2v) is 7.47. The normalized spacial score (nSPS) is 11.7. The molecule has 1 amide bonds. The predicted molar refractivity (Wildman–Crippen MR) is 103 cm³/mol. The Balaban J connectivity index is 2.16. The van der Waals surface area contributed by atoms with Crippen molar-refractivity contribution in [2.45, 2.75) is 33.8 Å². The van der Waals surface area contributed by atoms with E-state index < -0.39 is 12.1 Å². The maximum atomic E-state index is 12.5. The molecule has 2 rings (SSSR count). The Morgan fingerprint density at radius 1 is 1.28 bits per heavy atom. The van der Waals surface area contributed by atoms with Gasteiger partial charge in [-0.25, -0.2) is 4.79 Å². The average molecular weight is 426 g/mol. The van der Waals surface area contributed by atoms with Gasteiger partial charge >= 0.3 is 5.97 Å². The van der Waals surface area contributed by atoms with Crippen LogP contribution in [-0.2, 0) is 9.53 Å². The Morgan fingerprint density at radius 3 is 2.60 bits per heavy atom. The minimum Gasteiger partial charge on any atom is -0.480 e. The number of ether oxygens (including phenoxy) is 2. The first-order valence-electron chi connectivity index (χ1n) is 7.84. The molecule has 0 aliphatic heterocycles. The van der Waals surface area contributed by atoms with Crippen LogP contribution in [-0.4, -0.2) is 24.6 Å². The number of halogens is 1. The number of benzene rings is 1. The van der Waals surface area contributed by atoms with Crippen LogP contribution in [0.2, 0.25) is 0 Å². The molecule has 1 N–H and O–H groups in total. The van der Waals surface area contributed by atoms with Crippen LogP contribution in [0.4, 0.5) is 5.00 Å². The van der Waals surface area contributed by atoms with Crippen molar-refractivity contribution in [2.75, 3.05) is 11.9 Å². The quantitative estimate of drug-likeness (QED) is 0.680. The number of rotatable bonds is 6. The smallest absolute Gasteiger partial charge is 0.341 e. The van der Waals surface area contributed by atoms with Crippen LogP contribution in [0.25, 0.3) is 0 Å². The van der Waals surface area contributed by atoms with Crippen molar-refractivity contribution in [3.8, 4) is 5.75 Å². The number of hydrogen-bond acceptors (Lipinski definition) is 5. The minimum absolute atomic E-state index is 0.280. The summed E-state index contributed by atoms with van der Waals surface area (Å²) in [6.07, 6.45) is -0.726. The van der Waals surface area contributed by atoms with Crippen molar-refractivity contribution >= 4 is 44.1 Å². The summed E-state index contributed by atoms with van der Waals surface area (Å²) in [6, 6.07) is 7.31. The third-order valence-corrected chi connectivity index (χ3v) is 5.39. The maximum absolute atomic E-state index is 12.5. The molecule has 0 saturated heterocycles. The van der Waals surface area contributed by atoms with E-state index in [-0.39, 0.29) is 12.5 Å². The Morgan fingerprint density at radius 2 is 1.96 bits per heavy atom. The standard InChI is InChI=1S/C18H20BrNO4S/c1-5-23-18(22)15-10(2)12(4)25-17(15)20-16(21)11(3)24-14-9-7-6-8-13(14)19/h6-9,11H,5H2,1-4H3,(H,20,21). The summed E-state index contributed by atoms with van der Waals surface area (Å²) in [5.74, 6) is -0.184. The average Bonchev–Trinajstić information content (AvgIpc) is 2.84. The molecule has 2 aromatic rings. The SMILES string of the molecule is CCOC(=O)c1c(NC(=O)C(C)Oc2ccccc2Br)sc(C)c1C. The van der Waals surface area contributed by atoms with Gasteiger partial charge in [0.25, 0.3) is 5.91 Å². The van der Waals surface area contributed by atoms with Gasteiger partial charge in [-0.05, 0) is 61.3 Å². The van der Waals surface area contributed by atoms with Crippen LogP contribution in [0.15, 0.2) is 28.7 Å². The van der Waals surface area contributed by atoms with Gasteiger partial charge in [0.15, 0.2) is 6.10 Å². The van der Waals surface area contributed by atoms with Gasteiger partial charge in [0, 0.05) is 4.88 Å². The summed E-state index contributed by atoms with van der Waals surface area (Å²) in [5, 5.41) is 3.28. The molecule has 25 heavy (non-hydrogen) atoms. The maximum Gasteiger partial charge on any atom is 0.341 e. The van der Waals surface area contributed by atoms with Gasteiger partial charge in [0.2, 0.25) is 0 Å². The highest BCUT2D eigenvalue weighted by Gasteiger charge is 2.24. The van der Waals surface area contributed by atoms with Gasteiger partial charge < -0.3 is 14.8 Å². The van der Waals surface area contributed by atoms with Crippen molar-refractivity contribution in [3.63, 3.8) is 0 Å². The Labute approximate surface area is 159 Å². The van der Waals surface area contributed by atoms with E-state index in [9.17, 15) is 9.59 Å². The molecule has 0 aliphatic rings. The summed E-state index contributed by atoms with van der Waals surface area (Å²) in [6.45, 7) is 7.43. The third-order valence-electron chi connectivity index (χ3n) is 3.61. The van der Waals surface area contributed by atoms with Gasteiger partial charge in [-0.2, -0.15) is 0 Å². The molecule has 0 spiro atoms. The number of hydrogen-bond donors (Lipinski definition) is 1. The molecule has 0 fully saturated rings. The van der Waals surface area contributed by atoms with E-state index in [0.29, 0.717) is 16.3 Å². The first-order valence-corrected chi connectivity index (χ1v) is 9.45. The topological polar surface area (TPSA) is 64.6 Å². The number of carbonyl (C=O) groups excluding carboxylic acids is 2. The Kier molecular flexibility index (Phi) is 6.61. The Hall–Kier alpha value is -1.86. The summed E-state index contributed by atoms with van der Waals surface area (Å²) in [4.78, 5) is 25.6. The molecule has 0 bridgehead atoms. The zero-order valence-corrected chi connectivity index (χ0v) is 16.9. The van der Waals surface area contributed by atoms with E-state index in [2.05, 4.69) is 21.2 Å². The Bertz CT molecular complexity index is 787. The van der Waals surface area contributed by atoms with Crippen molar-refractivity contribution in [1.29, 1.82) is 0 Å². The molecular weight excluding hydrogens is 406 g/mol. The molecule has 5 nitrogen and oxygen atoms in total. The fraction of sp³-hybridized carbons (Fsp3) is 0.333. The zero-order chi connectivity index (χ0) is 18.6. The lowest BCUT2D eigenvalue weighted by Gasteiger charge is -2.15. The lowest BCUT2D eigenvalue weighted by molar-refractivity contribution is -0.122. The van der Waals surface area contributed by atoms with Crippen molar-refractivity contribution in [1.82, 2.24) is 0 Å². The van der Waals surface area contributed by atoms with Gasteiger partial charge in [-0.1, -0.05) is 12.1 Å². The number of carbonyl (C=O) groups is 2. The summed E-state index contributed by atoms with van der Waals surface area (Å²) in [5.41, 5.74) is 1.23. The fourth-order valence-corrected chi connectivity index (χ4v) is 3.59.